The lowest BCUT2D eigenvalue weighted by Crippen LogP contribution is -2.63. The minimum Gasteiger partial charge on any atom is -0.444 e. The van der Waals surface area contributed by atoms with Crippen molar-refractivity contribution in [2.45, 2.75) is 59.2 Å². The Morgan fingerprint density at radius 1 is 1.31 bits per heavy atom. The number of aromatic nitrogens is 3. The van der Waals surface area contributed by atoms with Crippen LogP contribution in [0.4, 0.5) is 4.79 Å². The van der Waals surface area contributed by atoms with Gasteiger partial charge in [0, 0.05) is 39.9 Å². The lowest BCUT2D eigenvalue weighted by Gasteiger charge is -2.40. The third kappa shape index (κ3) is 7.52. The van der Waals surface area contributed by atoms with E-state index in [0.29, 0.717) is 38.8 Å². The zero-order valence-corrected chi connectivity index (χ0v) is 18.5. The van der Waals surface area contributed by atoms with Gasteiger partial charge in [0.25, 0.3) is 0 Å². The molecule has 0 saturated carbocycles. The van der Waals surface area contributed by atoms with Crippen LogP contribution in [0.15, 0.2) is 4.99 Å². The van der Waals surface area contributed by atoms with Gasteiger partial charge in [-0.2, -0.15) is 0 Å². The van der Waals surface area contributed by atoms with E-state index in [1.165, 1.54) is 0 Å². The Hall–Kier alpha value is -2.36. The van der Waals surface area contributed by atoms with Crippen LogP contribution in [-0.2, 0) is 23.1 Å². The van der Waals surface area contributed by atoms with Gasteiger partial charge in [-0.25, -0.2) is 9.79 Å². The second kappa shape index (κ2) is 10.4. The van der Waals surface area contributed by atoms with Crippen molar-refractivity contribution in [3.63, 3.8) is 0 Å². The lowest BCUT2D eigenvalue weighted by atomic mass is 10.1. The highest BCUT2D eigenvalue weighted by Crippen LogP contribution is 2.15. The summed E-state index contributed by atoms with van der Waals surface area (Å²) in [5.74, 6) is 2.33. The van der Waals surface area contributed by atoms with Crippen LogP contribution in [0, 0.1) is 6.92 Å². The van der Waals surface area contributed by atoms with E-state index in [2.05, 4.69) is 25.8 Å². The summed E-state index contributed by atoms with van der Waals surface area (Å²) in [6.07, 6.45) is 0.597. The molecule has 29 heavy (non-hydrogen) atoms. The number of rotatable bonds is 8. The molecule has 1 aromatic heterocycles. The molecule has 2 rings (SSSR count). The van der Waals surface area contributed by atoms with Crippen molar-refractivity contribution in [1.29, 1.82) is 0 Å². The van der Waals surface area contributed by atoms with Crippen molar-refractivity contribution < 1.29 is 14.3 Å². The molecular weight excluding hydrogens is 374 g/mol. The van der Waals surface area contributed by atoms with E-state index in [-0.39, 0.29) is 12.1 Å². The fourth-order valence-electron chi connectivity index (χ4n) is 2.66. The molecule has 1 saturated heterocycles. The number of hydrogen-bond donors (Lipinski definition) is 2. The molecule has 1 fully saturated rings. The highest BCUT2D eigenvalue weighted by Gasteiger charge is 2.34. The highest BCUT2D eigenvalue weighted by molar-refractivity contribution is 5.80. The molecule has 0 radical (unpaired) electrons. The molecule has 0 aliphatic carbocycles. The molecule has 164 valence electrons. The van der Waals surface area contributed by atoms with E-state index in [4.69, 9.17) is 9.47 Å². The van der Waals surface area contributed by atoms with Crippen molar-refractivity contribution in [1.82, 2.24) is 30.3 Å². The molecule has 10 nitrogen and oxygen atoms in total. The number of amides is 1. The number of likely N-dealkylation sites (tertiary alicyclic amines) is 1. The molecule has 1 aliphatic rings. The summed E-state index contributed by atoms with van der Waals surface area (Å²) in [6, 6.07) is 0.127. The largest absolute Gasteiger partial charge is 0.444 e. The average Bonchev–Trinajstić information content (AvgIpc) is 2.91. The predicted molar refractivity (Wildman–Crippen MR) is 111 cm³/mol. The number of hydrogen-bond acceptors (Lipinski definition) is 6. The Bertz CT molecular complexity index is 690. The number of guanidine groups is 1. The first-order valence-corrected chi connectivity index (χ1v) is 10.1. The maximum atomic E-state index is 12.1. The summed E-state index contributed by atoms with van der Waals surface area (Å²) in [4.78, 5) is 18.4. The van der Waals surface area contributed by atoms with Crippen molar-refractivity contribution >= 4 is 12.1 Å². The Morgan fingerprint density at radius 3 is 2.62 bits per heavy atom. The number of aliphatic imine (C=N–C) groups is 1. The molecule has 1 aliphatic heterocycles. The zero-order valence-electron chi connectivity index (χ0n) is 18.5. The number of carbonyl (C=O) groups is 1. The van der Waals surface area contributed by atoms with Gasteiger partial charge in [0.15, 0.2) is 11.8 Å². The summed E-state index contributed by atoms with van der Waals surface area (Å²) >= 11 is 0. The first-order valence-electron chi connectivity index (χ1n) is 10.1. The summed E-state index contributed by atoms with van der Waals surface area (Å²) in [6.45, 7) is 13.2. The van der Waals surface area contributed by atoms with Gasteiger partial charge in [-0.1, -0.05) is 0 Å². The van der Waals surface area contributed by atoms with Crippen LogP contribution in [-0.4, -0.2) is 76.2 Å². The molecular formula is C19H35N7O3. The van der Waals surface area contributed by atoms with Crippen molar-refractivity contribution in [2.24, 2.45) is 12.0 Å². The summed E-state index contributed by atoms with van der Waals surface area (Å²) in [5, 5.41) is 14.9. The first-order chi connectivity index (χ1) is 13.7. The third-order valence-corrected chi connectivity index (χ3v) is 4.40. The number of nitrogens with one attached hydrogen (secondary N) is 2. The van der Waals surface area contributed by atoms with Crippen molar-refractivity contribution in [3.05, 3.63) is 11.6 Å². The van der Waals surface area contributed by atoms with Gasteiger partial charge in [0.1, 0.15) is 18.0 Å². The first kappa shape index (κ1) is 22.9. The van der Waals surface area contributed by atoms with Gasteiger partial charge >= 0.3 is 6.09 Å². The molecule has 0 bridgehead atoms. The molecule has 0 atom stereocenters. The van der Waals surface area contributed by atoms with Crippen LogP contribution < -0.4 is 10.6 Å². The van der Waals surface area contributed by atoms with E-state index < -0.39 is 5.60 Å². The van der Waals surface area contributed by atoms with Crippen LogP contribution in [0.3, 0.4) is 0 Å². The number of aryl methyl sites for hydroxylation is 1. The van der Waals surface area contributed by atoms with Gasteiger partial charge in [-0.15, -0.1) is 10.2 Å². The maximum absolute atomic E-state index is 12.1. The molecule has 0 unspecified atom stereocenters. The fraction of sp³-hybridized carbons (Fsp3) is 0.789. The number of ether oxygens (including phenoxy) is 2. The molecule has 0 spiro atoms. The van der Waals surface area contributed by atoms with E-state index in [1.807, 2.05) is 46.2 Å². The fourth-order valence-corrected chi connectivity index (χ4v) is 2.66. The van der Waals surface area contributed by atoms with Gasteiger partial charge in [0.2, 0.25) is 0 Å². The average molecular weight is 410 g/mol. The monoisotopic (exact) mass is 409 g/mol. The molecule has 2 heterocycles. The van der Waals surface area contributed by atoms with Gasteiger partial charge in [-0.3, -0.25) is 0 Å². The van der Waals surface area contributed by atoms with Gasteiger partial charge in [-0.05, 0) is 41.0 Å². The lowest BCUT2D eigenvalue weighted by molar-refractivity contribution is 0.00700. The Morgan fingerprint density at radius 2 is 2.03 bits per heavy atom. The standard InChI is InChI=1S/C19H35N7O3/c1-7-28-10-8-9-20-17(21-11-16-24-23-14(2)25(16)6)22-15-12-26(13-15)18(27)29-19(3,4)5/h15H,7-13H2,1-6H3,(H2,20,21,22). The van der Waals surface area contributed by atoms with E-state index >= 15 is 0 Å². The van der Waals surface area contributed by atoms with E-state index in [0.717, 1.165) is 24.6 Å². The summed E-state index contributed by atoms with van der Waals surface area (Å²) < 4.78 is 12.7. The zero-order chi connectivity index (χ0) is 21.4. The minimum atomic E-state index is -0.488. The van der Waals surface area contributed by atoms with Crippen LogP contribution in [0.1, 0.15) is 45.8 Å². The summed E-state index contributed by atoms with van der Waals surface area (Å²) in [7, 11) is 1.92. The topological polar surface area (TPSA) is 106 Å². The second-order valence-electron chi connectivity index (χ2n) is 8.09. The maximum Gasteiger partial charge on any atom is 0.410 e. The van der Waals surface area contributed by atoms with Crippen LogP contribution in [0.25, 0.3) is 0 Å². The van der Waals surface area contributed by atoms with Gasteiger partial charge in [0.05, 0.1) is 6.04 Å². The van der Waals surface area contributed by atoms with Crippen LogP contribution in [0.2, 0.25) is 0 Å². The highest BCUT2D eigenvalue weighted by atomic mass is 16.6. The van der Waals surface area contributed by atoms with E-state index in [1.54, 1.807) is 4.90 Å². The molecule has 10 heteroatoms. The van der Waals surface area contributed by atoms with Gasteiger partial charge < -0.3 is 29.6 Å². The quantitative estimate of drug-likeness (QED) is 0.378. The molecule has 1 amide bonds. The normalized spacial score (nSPS) is 15.2. The van der Waals surface area contributed by atoms with Crippen molar-refractivity contribution in [2.75, 3.05) is 32.8 Å². The van der Waals surface area contributed by atoms with Crippen molar-refractivity contribution in [3.8, 4) is 0 Å². The Labute approximate surface area is 173 Å². The molecule has 0 aromatic carbocycles. The van der Waals surface area contributed by atoms with Crippen LogP contribution in [0.5, 0.6) is 0 Å². The number of nitrogens with zero attached hydrogens (tertiary/aromatic N) is 5. The third-order valence-electron chi connectivity index (χ3n) is 4.40. The molecule has 2 N–H and O–H groups in total. The Balaban J connectivity index is 1.87. The number of carbonyl (C=O) groups excluding carboxylic acids is 1. The van der Waals surface area contributed by atoms with Crippen LogP contribution >= 0.6 is 0 Å². The molecule has 1 aromatic rings. The summed E-state index contributed by atoms with van der Waals surface area (Å²) in [5.41, 5.74) is -0.488. The second-order valence-corrected chi connectivity index (χ2v) is 8.09. The van der Waals surface area contributed by atoms with E-state index in [9.17, 15) is 4.79 Å². The Kier molecular flexibility index (Phi) is 8.24. The SMILES string of the molecule is CCOCCCNC(=NCc1nnc(C)n1C)NC1CN(C(=O)OC(C)(C)C)C1. The smallest absolute Gasteiger partial charge is 0.410 e. The predicted octanol–water partition coefficient (Wildman–Crippen LogP) is 1.20. The minimum absolute atomic E-state index is 0.127.